The number of hydrogen-bond donors (Lipinski definition) is 4. The second-order valence-electron chi connectivity index (χ2n) is 8.82. The van der Waals surface area contributed by atoms with Crippen molar-refractivity contribution in [1.29, 1.82) is 0 Å². The Morgan fingerprint density at radius 2 is 1.71 bits per heavy atom. The molecule has 0 radical (unpaired) electrons. The highest BCUT2D eigenvalue weighted by molar-refractivity contribution is 7.87. The van der Waals surface area contributed by atoms with Crippen molar-refractivity contribution in [2.75, 3.05) is 11.3 Å². The van der Waals surface area contributed by atoms with Crippen molar-refractivity contribution in [1.82, 2.24) is 15.6 Å². The number of nitrogens with zero attached hydrogens (tertiary/aromatic N) is 1. The molecule has 0 saturated heterocycles. The lowest BCUT2D eigenvalue weighted by Crippen LogP contribution is -2.49. The van der Waals surface area contributed by atoms with Gasteiger partial charge in [0.25, 0.3) is 0 Å². The zero-order valence-electron chi connectivity index (χ0n) is 21.7. The van der Waals surface area contributed by atoms with Crippen molar-refractivity contribution < 1.29 is 27.3 Å². The third-order valence-electron chi connectivity index (χ3n) is 5.77. The number of halogens is 1. The molecule has 4 aromatic rings. The Bertz CT molecular complexity index is 1580. The summed E-state index contributed by atoms with van der Waals surface area (Å²) in [7, 11) is -4.41. The van der Waals surface area contributed by atoms with E-state index in [-0.39, 0.29) is 18.7 Å². The fraction of sp³-hybridized carbons (Fsp3) is 0.222. The quantitative estimate of drug-likeness (QED) is 0.151. The van der Waals surface area contributed by atoms with Gasteiger partial charge in [-0.1, -0.05) is 54.1 Å². The second-order valence-corrected chi connectivity index (χ2v) is 12.6. The smallest absolute Gasteiger partial charge is 0.407 e. The van der Waals surface area contributed by atoms with Gasteiger partial charge in [0.1, 0.15) is 11.0 Å². The number of carbonyl (C=O) groups excluding carboxylic acids is 2. The van der Waals surface area contributed by atoms with Crippen molar-refractivity contribution in [3.05, 3.63) is 92.6 Å². The van der Waals surface area contributed by atoms with Crippen molar-refractivity contribution in [2.45, 2.75) is 31.8 Å². The van der Waals surface area contributed by atoms with Gasteiger partial charge in [0.2, 0.25) is 5.91 Å². The summed E-state index contributed by atoms with van der Waals surface area (Å²) in [6.07, 6.45) is -0.147. The van der Waals surface area contributed by atoms with E-state index in [0.29, 0.717) is 15.8 Å². The van der Waals surface area contributed by atoms with Gasteiger partial charge in [-0.2, -0.15) is 8.42 Å². The van der Waals surface area contributed by atoms with E-state index in [2.05, 4.69) is 10.6 Å². The van der Waals surface area contributed by atoms with Crippen LogP contribution < -0.4 is 15.4 Å². The van der Waals surface area contributed by atoms with Crippen molar-refractivity contribution in [3.8, 4) is 10.6 Å². The highest BCUT2D eigenvalue weighted by atomic mass is 35.5. The van der Waals surface area contributed by atoms with Gasteiger partial charge in [-0.15, -0.1) is 22.7 Å². The van der Waals surface area contributed by atoms with Crippen LogP contribution in [0.3, 0.4) is 0 Å². The maximum atomic E-state index is 13.6. The third kappa shape index (κ3) is 9.26. The van der Waals surface area contributed by atoms with Gasteiger partial charge in [-0.25, -0.2) is 9.78 Å². The number of thiophene rings is 1. The summed E-state index contributed by atoms with van der Waals surface area (Å²) in [5, 5.41) is 8.21. The van der Waals surface area contributed by atoms with Crippen molar-refractivity contribution >= 4 is 62.3 Å². The number of alkyl carbamates (subject to hydrolysis) is 1. The number of hydrogen-bond acceptors (Lipinski definition) is 8. The van der Waals surface area contributed by atoms with Gasteiger partial charge in [-0.3, -0.25) is 14.1 Å². The first-order valence-corrected chi connectivity index (χ1v) is 15.9. The van der Waals surface area contributed by atoms with Crippen LogP contribution in [-0.4, -0.2) is 42.6 Å². The van der Waals surface area contributed by atoms with E-state index in [1.54, 1.807) is 25.1 Å². The highest BCUT2D eigenvalue weighted by Gasteiger charge is 2.27. The number of ether oxygens (including phenoxy) is 1. The third-order valence-corrected chi connectivity index (χ3v) is 8.48. The zero-order chi connectivity index (χ0) is 29.4. The number of thiazole rings is 1. The maximum absolute atomic E-state index is 13.6. The van der Waals surface area contributed by atoms with Crippen LogP contribution >= 0.6 is 34.3 Å². The summed E-state index contributed by atoms with van der Waals surface area (Å²) < 4.78 is 39.0. The number of nitrogens with one attached hydrogen (secondary N) is 3. The molecule has 0 aliphatic heterocycles. The minimum atomic E-state index is -4.41. The molecular weight excluding hydrogens is 608 g/mol. The lowest BCUT2D eigenvalue weighted by atomic mass is 10.0. The van der Waals surface area contributed by atoms with Crippen LogP contribution in [-0.2, 0) is 32.7 Å². The minimum absolute atomic E-state index is 0.158. The molecule has 216 valence electrons. The molecule has 2 heterocycles. The summed E-state index contributed by atoms with van der Waals surface area (Å²) in [5.74, 6) is -0.424. The molecule has 0 aliphatic carbocycles. The molecule has 4 N–H and O–H groups in total. The van der Waals surface area contributed by atoms with Crippen LogP contribution in [0.15, 0.2) is 72.1 Å². The Morgan fingerprint density at radius 1 is 1.00 bits per heavy atom. The molecule has 41 heavy (non-hydrogen) atoms. The molecule has 0 fully saturated rings. The van der Waals surface area contributed by atoms with Crippen molar-refractivity contribution in [2.24, 2.45) is 0 Å². The number of amides is 2. The van der Waals surface area contributed by atoms with Crippen LogP contribution in [0.1, 0.15) is 29.1 Å². The standard InChI is InChI=1S/C27H27ClN4O6S3/c1-2-38-27(34)31-20(14-17-6-4-3-5-7-17)25(33)29-21(15-18-8-10-19(11-9-18)32-41(35,36)37)26-30-22(16-39-26)23-12-13-24(28)40-23/h3-13,16,20-21,32H,2,14-15H2,1H3,(H,29,33)(H,31,34)(H,35,36,37)/t20-,21-/m0/s1. The van der Waals surface area contributed by atoms with Crippen molar-refractivity contribution in [3.63, 3.8) is 0 Å². The molecule has 0 aliphatic rings. The Hall–Kier alpha value is -3.49. The van der Waals surface area contributed by atoms with E-state index in [1.807, 2.05) is 46.5 Å². The Morgan fingerprint density at radius 3 is 2.34 bits per heavy atom. The van der Waals surface area contributed by atoms with Gasteiger partial charge < -0.3 is 15.4 Å². The van der Waals surface area contributed by atoms with E-state index in [4.69, 9.17) is 25.9 Å². The largest absolute Gasteiger partial charge is 0.450 e. The highest BCUT2D eigenvalue weighted by Crippen LogP contribution is 2.33. The predicted octanol–water partition coefficient (Wildman–Crippen LogP) is 5.50. The molecule has 2 aromatic heterocycles. The molecule has 2 aromatic carbocycles. The van der Waals surface area contributed by atoms with Gasteiger partial charge in [0, 0.05) is 11.8 Å². The summed E-state index contributed by atoms with van der Waals surface area (Å²) >= 11 is 8.87. The van der Waals surface area contributed by atoms with E-state index < -0.39 is 34.4 Å². The van der Waals surface area contributed by atoms with Gasteiger partial charge in [0.15, 0.2) is 0 Å². The zero-order valence-corrected chi connectivity index (χ0v) is 24.9. The lowest BCUT2D eigenvalue weighted by Gasteiger charge is -2.23. The van der Waals surface area contributed by atoms with Gasteiger partial charge in [-0.05, 0) is 48.7 Å². The average Bonchev–Trinajstić information content (AvgIpc) is 3.58. The molecule has 0 unspecified atom stereocenters. The fourth-order valence-corrected chi connectivity index (χ4v) is 6.33. The lowest BCUT2D eigenvalue weighted by molar-refractivity contribution is -0.123. The van der Waals surface area contributed by atoms with Crippen LogP contribution in [0.4, 0.5) is 10.5 Å². The molecular formula is C27H27ClN4O6S3. The van der Waals surface area contributed by atoms with Crippen LogP contribution in [0, 0.1) is 0 Å². The van der Waals surface area contributed by atoms with Gasteiger partial charge in [0.05, 0.1) is 33.2 Å². The number of rotatable bonds is 12. The summed E-state index contributed by atoms with van der Waals surface area (Å²) in [6.45, 7) is 1.84. The summed E-state index contributed by atoms with van der Waals surface area (Å²) in [5.41, 5.74) is 2.53. The Kier molecular flexibility index (Phi) is 10.3. The molecule has 2 atom stereocenters. The number of anilines is 1. The first-order valence-electron chi connectivity index (χ1n) is 12.4. The van der Waals surface area contributed by atoms with Crippen LogP contribution in [0.25, 0.3) is 10.6 Å². The molecule has 0 bridgehead atoms. The molecule has 0 saturated carbocycles. The van der Waals surface area contributed by atoms with E-state index in [1.165, 1.54) is 34.8 Å². The van der Waals surface area contributed by atoms with E-state index >= 15 is 0 Å². The number of aromatic nitrogens is 1. The Balaban J connectivity index is 1.60. The second kappa shape index (κ2) is 13.9. The molecule has 10 nitrogen and oxygen atoms in total. The first kappa shape index (κ1) is 30.5. The summed E-state index contributed by atoms with van der Waals surface area (Å²) in [6, 6.07) is 17.8. The number of carbonyl (C=O) groups is 2. The van der Waals surface area contributed by atoms with Crippen LogP contribution in [0.2, 0.25) is 4.34 Å². The topological polar surface area (TPSA) is 147 Å². The van der Waals surface area contributed by atoms with Crippen LogP contribution in [0.5, 0.6) is 0 Å². The summed E-state index contributed by atoms with van der Waals surface area (Å²) in [4.78, 5) is 31.6. The monoisotopic (exact) mass is 634 g/mol. The average molecular weight is 635 g/mol. The Labute approximate surface area is 250 Å². The SMILES string of the molecule is CCOC(=O)N[C@@H](Cc1ccccc1)C(=O)N[C@@H](Cc1ccc(NS(=O)(=O)O)cc1)c1nc(-c2ccc(Cl)s2)cs1. The minimum Gasteiger partial charge on any atom is -0.450 e. The van der Waals surface area contributed by atoms with E-state index in [0.717, 1.165) is 21.7 Å². The maximum Gasteiger partial charge on any atom is 0.407 e. The molecule has 4 rings (SSSR count). The predicted molar refractivity (Wildman–Crippen MR) is 161 cm³/mol. The first-order chi connectivity index (χ1) is 19.6. The van der Waals surface area contributed by atoms with E-state index in [9.17, 15) is 18.0 Å². The normalized spacial score (nSPS) is 12.8. The molecule has 0 spiro atoms. The molecule has 14 heteroatoms. The fourth-order valence-electron chi connectivity index (χ4n) is 3.95. The van der Waals surface area contributed by atoms with Gasteiger partial charge >= 0.3 is 16.4 Å². The molecule has 2 amide bonds. The number of benzene rings is 2.